The maximum Gasteiger partial charge on any atom is 0.151 e. The van der Waals surface area contributed by atoms with Crippen LogP contribution >= 0.6 is 0 Å². The van der Waals surface area contributed by atoms with E-state index in [1.165, 1.54) is 13.1 Å². The van der Waals surface area contributed by atoms with Crippen LogP contribution in [0.1, 0.15) is 0 Å². The van der Waals surface area contributed by atoms with Crippen LogP contribution in [0.2, 0.25) is 0 Å². The normalized spacial score (nSPS) is 30.9. The van der Waals surface area contributed by atoms with E-state index in [-0.39, 0.29) is 0 Å². The third-order valence-electron chi connectivity index (χ3n) is 3.55. The van der Waals surface area contributed by atoms with Crippen LogP contribution in [-0.2, 0) is 0 Å². The van der Waals surface area contributed by atoms with E-state index in [9.17, 15) is 0 Å². The molecular formula is C11H16N4. The summed E-state index contributed by atoms with van der Waals surface area (Å²) >= 11 is 0. The summed E-state index contributed by atoms with van der Waals surface area (Å²) in [6.45, 7) is 4.77. The van der Waals surface area contributed by atoms with Crippen molar-refractivity contribution in [1.29, 1.82) is 0 Å². The summed E-state index contributed by atoms with van der Waals surface area (Å²) < 4.78 is 0. The Balaban J connectivity index is 1.73. The van der Waals surface area contributed by atoms with Crippen LogP contribution in [0.3, 0.4) is 0 Å². The molecule has 0 aromatic carbocycles. The molecular weight excluding hydrogens is 188 g/mol. The summed E-state index contributed by atoms with van der Waals surface area (Å²) in [6, 6.07) is 4.01. The molecule has 0 unspecified atom stereocenters. The molecule has 0 spiro atoms. The lowest BCUT2D eigenvalue weighted by Crippen LogP contribution is -2.27. The van der Waals surface area contributed by atoms with E-state index in [1.54, 1.807) is 6.20 Å². The Morgan fingerprint density at radius 3 is 2.53 bits per heavy atom. The van der Waals surface area contributed by atoms with E-state index < -0.39 is 0 Å². The second-order valence-electron chi connectivity index (χ2n) is 4.73. The predicted molar refractivity (Wildman–Crippen MR) is 58.7 cm³/mol. The van der Waals surface area contributed by atoms with Crippen LogP contribution in [0.15, 0.2) is 18.3 Å². The molecule has 2 fully saturated rings. The highest BCUT2D eigenvalue weighted by Crippen LogP contribution is 2.31. The maximum atomic E-state index is 4.17. The number of nitrogens with zero attached hydrogens (tertiary/aromatic N) is 4. The lowest BCUT2D eigenvalue weighted by atomic mass is 10.0. The molecule has 3 heterocycles. The van der Waals surface area contributed by atoms with Gasteiger partial charge in [0.2, 0.25) is 0 Å². The average Bonchev–Trinajstić information content (AvgIpc) is 2.76. The molecule has 0 N–H and O–H groups in total. The molecule has 2 saturated heterocycles. The summed E-state index contributed by atoms with van der Waals surface area (Å²) in [4.78, 5) is 4.80. The Morgan fingerprint density at radius 1 is 1.20 bits per heavy atom. The van der Waals surface area contributed by atoms with Crippen molar-refractivity contribution in [3.8, 4) is 0 Å². The summed E-state index contributed by atoms with van der Waals surface area (Å²) in [6.07, 6.45) is 1.73. The average molecular weight is 204 g/mol. The summed E-state index contributed by atoms with van der Waals surface area (Å²) in [5.41, 5.74) is 0. The van der Waals surface area contributed by atoms with Gasteiger partial charge in [0.05, 0.1) is 0 Å². The van der Waals surface area contributed by atoms with Crippen molar-refractivity contribution >= 4 is 5.82 Å². The molecule has 80 valence electrons. The zero-order valence-corrected chi connectivity index (χ0v) is 9.00. The lowest BCUT2D eigenvalue weighted by molar-refractivity contribution is 0.387. The first-order valence-electron chi connectivity index (χ1n) is 5.54. The number of fused-ring (bicyclic) bond motifs is 1. The van der Waals surface area contributed by atoms with Gasteiger partial charge in [-0.15, -0.1) is 5.10 Å². The molecule has 0 radical (unpaired) electrons. The van der Waals surface area contributed by atoms with Crippen molar-refractivity contribution in [2.45, 2.75) is 0 Å². The van der Waals surface area contributed by atoms with Gasteiger partial charge in [0, 0.05) is 32.4 Å². The van der Waals surface area contributed by atoms with Gasteiger partial charge in [-0.3, -0.25) is 0 Å². The zero-order valence-electron chi connectivity index (χ0n) is 9.00. The third kappa shape index (κ3) is 1.59. The Morgan fingerprint density at radius 2 is 1.93 bits per heavy atom. The van der Waals surface area contributed by atoms with E-state index in [0.717, 1.165) is 30.7 Å². The van der Waals surface area contributed by atoms with E-state index >= 15 is 0 Å². The summed E-state index contributed by atoms with van der Waals surface area (Å²) in [7, 11) is 2.21. The highest BCUT2D eigenvalue weighted by Gasteiger charge is 2.38. The maximum absolute atomic E-state index is 4.17. The topological polar surface area (TPSA) is 32.3 Å². The lowest BCUT2D eigenvalue weighted by Gasteiger charge is -2.19. The van der Waals surface area contributed by atoms with E-state index in [4.69, 9.17) is 0 Å². The van der Waals surface area contributed by atoms with Crippen LogP contribution in [-0.4, -0.2) is 48.3 Å². The molecule has 1 aromatic heterocycles. The van der Waals surface area contributed by atoms with Gasteiger partial charge >= 0.3 is 0 Å². The zero-order chi connectivity index (χ0) is 10.3. The van der Waals surface area contributed by atoms with Gasteiger partial charge in [-0.25, -0.2) is 0 Å². The highest BCUT2D eigenvalue weighted by molar-refractivity contribution is 5.38. The van der Waals surface area contributed by atoms with Crippen molar-refractivity contribution in [2.75, 3.05) is 38.1 Å². The largest absolute Gasteiger partial charge is 0.354 e. The van der Waals surface area contributed by atoms with Gasteiger partial charge in [0.25, 0.3) is 0 Å². The SMILES string of the molecule is CN1C[C@@H]2CN(c3cccnn3)C[C@@H]2C1. The van der Waals surface area contributed by atoms with E-state index in [0.29, 0.717) is 0 Å². The van der Waals surface area contributed by atoms with Gasteiger partial charge in [-0.2, -0.15) is 5.10 Å². The highest BCUT2D eigenvalue weighted by atomic mass is 15.3. The molecule has 2 atom stereocenters. The summed E-state index contributed by atoms with van der Waals surface area (Å²) in [5.74, 6) is 2.70. The fourth-order valence-corrected chi connectivity index (χ4v) is 2.88. The Kier molecular flexibility index (Phi) is 2.09. The van der Waals surface area contributed by atoms with Gasteiger partial charge < -0.3 is 9.80 Å². The van der Waals surface area contributed by atoms with Crippen LogP contribution in [0.4, 0.5) is 5.82 Å². The predicted octanol–water partition coefficient (Wildman–Crippen LogP) is 0.474. The van der Waals surface area contributed by atoms with Crippen molar-refractivity contribution in [2.24, 2.45) is 11.8 Å². The molecule has 4 nitrogen and oxygen atoms in total. The second-order valence-corrected chi connectivity index (χ2v) is 4.73. The van der Waals surface area contributed by atoms with Crippen molar-refractivity contribution < 1.29 is 0 Å². The van der Waals surface area contributed by atoms with Crippen molar-refractivity contribution in [1.82, 2.24) is 15.1 Å². The second kappa shape index (κ2) is 3.45. The fraction of sp³-hybridized carbons (Fsp3) is 0.636. The smallest absolute Gasteiger partial charge is 0.151 e. The first-order valence-corrected chi connectivity index (χ1v) is 5.54. The Hall–Kier alpha value is -1.16. The quantitative estimate of drug-likeness (QED) is 0.666. The van der Waals surface area contributed by atoms with Crippen LogP contribution in [0, 0.1) is 11.8 Å². The standard InChI is InChI=1S/C11H16N4/c1-14-5-9-7-15(8-10(9)6-14)11-3-2-4-12-13-11/h2-4,9-10H,5-8H2,1H3/t9-,10+. The van der Waals surface area contributed by atoms with Crippen LogP contribution in [0.5, 0.6) is 0 Å². The first kappa shape index (κ1) is 9.09. The number of hydrogen-bond acceptors (Lipinski definition) is 4. The van der Waals surface area contributed by atoms with Crippen LogP contribution < -0.4 is 4.90 Å². The van der Waals surface area contributed by atoms with Gasteiger partial charge in [0.15, 0.2) is 5.82 Å². The molecule has 2 aliphatic heterocycles. The number of rotatable bonds is 1. The molecule has 0 bridgehead atoms. The molecule has 0 saturated carbocycles. The third-order valence-corrected chi connectivity index (χ3v) is 3.55. The van der Waals surface area contributed by atoms with Crippen molar-refractivity contribution in [3.63, 3.8) is 0 Å². The van der Waals surface area contributed by atoms with E-state index in [1.807, 2.05) is 6.07 Å². The molecule has 0 amide bonds. The number of hydrogen-bond donors (Lipinski definition) is 0. The first-order chi connectivity index (χ1) is 7.33. The van der Waals surface area contributed by atoms with Gasteiger partial charge in [0.1, 0.15) is 0 Å². The van der Waals surface area contributed by atoms with Gasteiger partial charge in [-0.05, 0) is 31.0 Å². The minimum absolute atomic E-state index is 0.831. The fourth-order valence-electron chi connectivity index (χ4n) is 2.88. The molecule has 4 heteroatoms. The molecule has 1 aromatic rings. The Labute approximate surface area is 89.9 Å². The van der Waals surface area contributed by atoms with E-state index in [2.05, 4.69) is 33.1 Å². The molecule has 15 heavy (non-hydrogen) atoms. The minimum Gasteiger partial charge on any atom is -0.354 e. The Bertz CT molecular complexity index is 326. The number of likely N-dealkylation sites (tertiary alicyclic amines) is 1. The number of anilines is 1. The van der Waals surface area contributed by atoms with Crippen LogP contribution in [0.25, 0.3) is 0 Å². The van der Waals surface area contributed by atoms with Crippen molar-refractivity contribution in [3.05, 3.63) is 18.3 Å². The number of aromatic nitrogens is 2. The monoisotopic (exact) mass is 204 g/mol. The summed E-state index contributed by atoms with van der Waals surface area (Å²) in [5, 5.41) is 8.11. The molecule has 0 aliphatic carbocycles. The van der Waals surface area contributed by atoms with Gasteiger partial charge in [-0.1, -0.05) is 0 Å². The minimum atomic E-state index is 0.831. The molecule has 3 rings (SSSR count). The molecule has 2 aliphatic rings.